The van der Waals surface area contributed by atoms with Gasteiger partial charge in [0, 0.05) is 43.2 Å². The number of carbonyl (C=O) groups excluding carboxylic acids is 2. The highest BCUT2D eigenvalue weighted by molar-refractivity contribution is 5.90. The number of aromatic hydroxyl groups is 1. The summed E-state index contributed by atoms with van der Waals surface area (Å²) in [5, 5.41) is 13.7. The molecular weight excluding hydrogens is 494 g/mol. The molecule has 1 aliphatic heterocycles. The average molecular weight is 532 g/mol. The SMILES string of the molecule is CC[C@H]([C@@H](C)OCc1ccccc1)N(NC=O)C(=O)Nc1ccc(N2CCN(c3ccc(O)cc3)CC2)cc1. The Morgan fingerprint density at radius 1 is 0.949 bits per heavy atom. The van der Waals surface area contributed by atoms with E-state index in [2.05, 4.69) is 20.5 Å². The second-order valence-corrected chi connectivity index (χ2v) is 9.56. The third-order valence-electron chi connectivity index (χ3n) is 7.04. The summed E-state index contributed by atoms with van der Waals surface area (Å²) >= 11 is 0. The Labute approximate surface area is 229 Å². The van der Waals surface area contributed by atoms with Crippen molar-refractivity contribution in [3.63, 3.8) is 0 Å². The molecule has 1 heterocycles. The minimum absolute atomic E-state index is 0.269. The highest BCUT2D eigenvalue weighted by atomic mass is 16.5. The second-order valence-electron chi connectivity index (χ2n) is 9.56. The van der Waals surface area contributed by atoms with E-state index in [1.807, 2.05) is 80.6 Å². The van der Waals surface area contributed by atoms with Gasteiger partial charge in [-0.25, -0.2) is 9.80 Å². The topological polar surface area (TPSA) is 97.4 Å². The van der Waals surface area contributed by atoms with E-state index >= 15 is 0 Å². The van der Waals surface area contributed by atoms with Crippen molar-refractivity contribution in [3.05, 3.63) is 84.4 Å². The average Bonchev–Trinajstić information content (AvgIpc) is 2.97. The molecule has 1 saturated heterocycles. The number of hydrogen-bond donors (Lipinski definition) is 3. The first kappa shape index (κ1) is 27.8. The molecule has 1 aliphatic rings. The zero-order chi connectivity index (χ0) is 27.6. The molecule has 39 heavy (non-hydrogen) atoms. The van der Waals surface area contributed by atoms with Crippen molar-refractivity contribution in [2.24, 2.45) is 0 Å². The largest absolute Gasteiger partial charge is 0.508 e. The van der Waals surface area contributed by atoms with Crippen molar-refractivity contribution in [2.75, 3.05) is 41.3 Å². The van der Waals surface area contributed by atoms with Gasteiger partial charge in [-0.15, -0.1) is 0 Å². The molecule has 0 radical (unpaired) electrons. The summed E-state index contributed by atoms with van der Waals surface area (Å²) < 4.78 is 6.03. The first-order chi connectivity index (χ1) is 19.0. The summed E-state index contributed by atoms with van der Waals surface area (Å²) in [4.78, 5) is 29.1. The lowest BCUT2D eigenvalue weighted by Gasteiger charge is -2.37. The smallest absolute Gasteiger partial charge is 0.340 e. The molecule has 9 nitrogen and oxygen atoms in total. The molecule has 206 valence electrons. The molecule has 0 bridgehead atoms. The summed E-state index contributed by atoms with van der Waals surface area (Å²) in [6, 6.07) is 24.1. The number of phenols is 1. The highest BCUT2D eigenvalue weighted by Gasteiger charge is 2.28. The molecule has 3 N–H and O–H groups in total. The maximum absolute atomic E-state index is 13.2. The molecule has 0 aromatic heterocycles. The van der Waals surface area contributed by atoms with Gasteiger partial charge in [0.2, 0.25) is 6.41 Å². The van der Waals surface area contributed by atoms with Gasteiger partial charge in [-0.05, 0) is 67.4 Å². The van der Waals surface area contributed by atoms with Gasteiger partial charge in [-0.2, -0.15) is 0 Å². The first-order valence-corrected chi connectivity index (χ1v) is 13.3. The van der Waals surface area contributed by atoms with Crippen LogP contribution in [-0.2, 0) is 16.1 Å². The van der Waals surface area contributed by atoms with Crippen LogP contribution >= 0.6 is 0 Å². The number of nitrogens with one attached hydrogen (secondary N) is 2. The van der Waals surface area contributed by atoms with Crippen LogP contribution in [-0.4, -0.2) is 60.9 Å². The monoisotopic (exact) mass is 531 g/mol. The van der Waals surface area contributed by atoms with Crippen molar-refractivity contribution in [3.8, 4) is 5.75 Å². The molecule has 9 heteroatoms. The number of ether oxygens (including phenoxy) is 1. The van der Waals surface area contributed by atoms with Crippen LogP contribution in [0.4, 0.5) is 21.9 Å². The third-order valence-corrected chi connectivity index (χ3v) is 7.04. The number of carbonyl (C=O) groups is 2. The number of amides is 3. The van der Waals surface area contributed by atoms with E-state index in [1.165, 1.54) is 5.01 Å². The standard InChI is InChI=1S/C30H37N5O4/c1-3-29(23(2)39-21-24-7-5-4-6-8-24)35(31-22-36)30(38)32-25-9-11-26(12-10-25)33-17-19-34(20-18-33)27-13-15-28(37)16-14-27/h4-16,22-23,29,37H,3,17-21H2,1-2H3,(H,31,36)(H,32,38)/t23-,29-/m1/s1. The van der Waals surface area contributed by atoms with Crippen LogP contribution in [0.3, 0.4) is 0 Å². The minimum atomic E-state index is -0.431. The number of benzene rings is 3. The van der Waals surface area contributed by atoms with E-state index in [4.69, 9.17) is 4.74 Å². The maximum Gasteiger partial charge on any atom is 0.340 e. The maximum atomic E-state index is 13.2. The molecule has 3 aromatic carbocycles. The van der Waals surface area contributed by atoms with Crippen LogP contribution in [0.25, 0.3) is 0 Å². The molecule has 4 rings (SSSR count). The Kier molecular flexibility index (Phi) is 9.64. The fourth-order valence-corrected chi connectivity index (χ4v) is 4.82. The quantitative estimate of drug-likeness (QED) is 0.247. The lowest BCUT2D eigenvalue weighted by molar-refractivity contribution is -0.114. The summed E-state index contributed by atoms with van der Waals surface area (Å²) in [5.41, 5.74) is 6.41. The molecule has 0 spiro atoms. The Bertz CT molecular complexity index is 1180. The number of urea groups is 1. The zero-order valence-electron chi connectivity index (χ0n) is 22.5. The summed E-state index contributed by atoms with van der Waals surface area (Å²) in [5.74, 6) is 0.269. The predicted molar refractivity (Wildman–Crippen MR) is 154 cm³/mol. The second kappa shape index (κ2) is 13.5. The van der Waals surface area contributed by atoms with Crippen molar-refractivity contribution in [1.29, 1.82) is 0 Å². The first-order valence-electron chi connectivity index (χ1n) is 13.3. The van der Waals surface area contributed by atoms with Crippen LogP contribution in [0.5, 0.6) is 5.75 Å². The van der Waals surface area contributed by atoms with E-state index in [0.29, 0.717) is 25.1 Å². The van der Waals surface area contributed by atoms with Gasteiger partial charge < -0.3 is 25.0 Å². The summed E-state index contributed by atoms with van der Waals surface area (Å²) in [6.07, 6.45) is 0.794. The summed E-state index contributed by atoms with van der Waals surface area (Å²) in [7, 11) is 0. The van der Waals surface area contributed by atoms with Crippen molar-refractivity contribution < 1.29 is 19.4 Å². The highest BCUT2D eigenvalue weighted by Crippen LogP contribution is 2.24. The Morgan fingerprint density at radius 2 is 1.51 bits per heavy atom. The fraction of sp³-hybridized carbons (Fsp3) is 0.333. The van der Waals surface area contributed by atoms with E-state index in [1.54, 1.807) is 12.1 Å². The van der Waals surface area contributed by atoms with Crippen molar-refractivity contribution in [1.82, 2.24) is 10.4 Å². The van der Waals surface area contributed by atoms with Crippen LogP contribution in [0.1, 0.15) is 25.8 Å². The lowest BCUT2D eigenvalue weighted by Crippen LogP contribution is -2.55. The van der Waals surface area contributed by atoms with E-state index < -0.39 is 6.03 Å². The van der Waals surface area contributed by atoms with Gasteiger partial charge in [0.15, 0.2) is 0 Å². The van der Waals surface area contributed by atoms with Crippen LogP contribution in [0, 0.1) is 0 Å². The van der Waals surface area contributed by atoms with Crippen molar-refractivity contribution in [2.45, 2.75) is 39.0 Å². The normalized spacial score (nSPS) is 14.8. The fourth-order valence-electron chi connectivity index (χ4n) is 4.82. The molecule has 0 aliphatic carbocycles. The van der Waals surface area contributed by atoms with Gasteiger partial charge in [-0.3, -0.25) is 10.2 Å². The number of anilines is 3. The van der Waals surface area contributed by atoms with E-state index in [0.717, 1.165) is 43.1 Å². The molecular formula is C30H37N5O4. The number of piperazine rings is 1. The van der Waals surface area contributed by atoms with Crippen LogP contribution in [0.15, 0.2) is 78.9 Å². The van der Waals surface area contributed by atoms with Crippen LogP contribution < -0.4 is 20.5 Å². The summed E-state index contributed by atoms with van der Waals surface area (Å²) in [6.45, 7) is 7.75. The Balaban J connectivity index is 1.32. The van der Waals surface area contributed by atoms with Gasteiger partial charge in [0.05, 0.1) is 18.8 Å². The number of rotatable bonds is 11. The number of hydrogen-bond acceptors (Lipinski definition) is 6. The molecule has 2 atom stereocenters. The molecule has 0 unspecified atom stereocenters. The molecule has 3 amide bonds. The van der Waals surface area contributed by atoms with Gasteiger partial charge in [0.25, 0.3) is 0 Å². The van der Waals surface area contributed by atoms with Gasteiger partial charge in [0.1, 0.15) is 5.75 Å². The predicted octanol–water partition coefficient (Wildman–Crippen LogP) is 4.60. The van der Waals surface area contributed by atoms with Crippen LogP contribution in [0.2, 0.25) is 0 Å². The third kappa shape index (κ3) is 7.42. The van der Waals surface area contributed by atoms with E-state index in [-0.39, 0.29) is 17.9 Å². The molecule has 3 aromatic rings. The van der Waals surface area contributed by atoms with Gasteiger partial charge in [-0.1, -0.05) is 37.3 Å². The molecule has 1 fully saturated rings. The number of phenolic OH excluding ortho intramolecular Hbond substituents is 1. The number of hydrazine groups is 1. The Morgan fingerprint density at radius 3 is 2.05 bits per heavy atom. The molecule has 0 saturated carbocycles. The zero-order valence-corrected chi connectivity index (χ0v) is 22.5. The minimum Gasteiger partial charge on any atom is -0.508 e. The number of nitrogens with zero attached hydrogens (tertiary/aromatic N) is 3. The lowest BCUT2D eigenvalue weighted by atomic mass is 10.1. The Hall–Kier alpha value is -4.24. The van der Waals surface area contributed by atoms with Gasteiger partial charge >= 0.3 is 6.03 Å². The van der Waals surface area contributed by atoms with Crippen molar-refractivity contribution >= 4 is 29.5 Å². The van der Waals surface area contributed by atoms with E-state index in [9.17, 15) is 14.7 Å².